The molecule has 0 aromatic heterocycles. The van der Waals surface area contributed by atoms with E-state index < -0.39 is 0 Å². The van der Waals surface area contributed by atoms with Crippen LogP contribution in [0, 0.1) is 0 Å². The molecule has 0 aliphatic heterocycles. The molecule has 2 nitrogen and oxygen atoms in total. The lowest BCUT2D eigenvalue weighted by Crippen LogP contribution is -2.10. The molecule has 0 fully saturated rings. The van der Waals surface area contributed by atoms with E-state index in [-0.39, 0.29) is 7.69 Å². The van der Waals surface area contributed by atoms with Crippen LogP contribution in [0.5, 0.6) is 11.5 Å². The summed E-state index contributed by atoms with van der Waals surface area (Å²) in [6.07, 6.45) is 18.4. The molecule has 0 unspecified atom stereocenters. The number of unbranched alkanes of at least 4 members (excludes halogenated alkanes) is 10. The molecule has 2 aromatic carbocycles. The third-order valence-corrected chi connectivity index (χ3v) is 5.94. The second-order valence-corrected chi connectivity index (χ2v) is 8.73. The van der Waals surface area contributed by atoms with Gasteiger partial charge in [0.2, 0.25) is 0 Å². The van der Waals surface area contributed by atoms with Crippen molar-refractivity contribution in [2.45, 2.75) is 104 Å². The molecule has 0 aliphatic carbocycles. The molecular weight excluding hydrogens is 379 g/mol. The van der Waals surface area contributed by atoms with Crippen LogP contribution in [-0.4, -0.2) is 7.69 Å². The highest BCUT2D eigenvalue weighted by Gasteiger charge is 2.02. The second kappa shape index (κ2) is 16.8. The van der Waals surface area contributed by atoms with Gasteiger partial charge < -0.3 is 9.31 Å². The highest BCUT2D eigenvalue weighted by molar-refractivity contribution is 6.20. The maximum absolute atomic E-state index is 5.75. The quantitative estimate of drug-likeness (QED) is 0.178. The lowest BCUT2D eigenvalue weighted by Gasteiger charge is -2.09. The molecule has 0 aliphatic rings. The van der Waals surface area contributed by atoms with E-state index in [1.54, 1.807) is 0 Å². The van der Waals surface area contributed by atoms with Gasteiger partial charge in [-0.05, 0) is 61.1 Å². The molecule has 0 amide bonds. The lowest BCUT2D eigenvalue weighted by atomic mass is 10.0. The Labute approximate surface area is 192 Å². The summed E-state index contributed by atoms with van der Waals surface area (Å²) in [5.41, 5.74) is 2.79. The van der Waals surface area contributed by atoms with E-state index in [0.29, 0.717) is 0 Å². The molecule has 0 spiro atoms. The van der Waals surface area contributed by atoms with E-state index in [0.717, 1.165) is 24.3 Å². The Balaban J connectivity index is 1.57. The molecule has 0 saturated carbocycles. The van der Waals surface area contributed by atoms with Gasteiger partial charge >= 0.3 is 7.69 Å². The minimum absolute atomic E-state index is 0.244. The fourth-order valence-electron chi connectivity index (χ4n) is 3.89. The highest BCUT2D eigenvalue weighted by Crippen LogP contribution is 2.17. The summed E-state index contributed by atoms with van der Waals surface area (Å²) in [7, 11) is 0.244. The molecule has 0 bridgehead atoms. The Bertz CT molecular complexity index is 607. The molecule has 170 valence electrons. The maximum atomic E-state index is 5.75. The highest BCUT2D eigenvalue weighted by atomic mass is 16.6. The molecule has 2 rings (SSSR count). The van der Waals surface area contributed by atoms with Crippen LogP contribution in [0.15, 0.2) is 48.5 Å². The largest absolute Gasteiger partial charge is 0.576 e. The Morgan fingerprint density at radius 2 is 0.839 bits per heavy atom. The normalized spacial score (nSPS) is 10.8. The fraction of sp³-hybridized carbons (Fsp3) is 0.571. The van der Waals surface area contributed by atoms with Crippen LogP contribution >= 0.6 is 0 Å². The molecule has 3 heteroatoms. The zero-order valence-electron chi connectivity index (χ0n) is 20.0. The van der Waals surface area contributed by atoms with Gasteiger partial charge in [0, 0.05) is 0 Å². The van der Waals surface area contributed by atoms with Crippen molar-refractivity contribution in [3.05, 3.63) is 59.7 Å². The minimum Gasteiger partial charge on any atom is -0.529 e. The third-order valence-electron chi connectivity index (χ3n) is 5.94. The zero-order chi connectivity index (χ0) is 22.0. The maximum Gasteiger partial charge on any atom is 0.576 e. The van der Waals surface area contributed by atoms with Crippen molar-refractivity contribution in [1.29, 1.82) is 0 Å². The van der Waals surface area contributed by atoms with Crippen LogP contribution in [0.1, 0.15) is 102 Å². The van der Waals surface area contributed by atoms with Gasteiger partial charge in [0.1, 0.15) is 11.5 Å². The van der Waals surface area contributed by atoms with Gasteiger partial charge in [-0.3, -0.25) is 0 Å². The van der Waals surface area contributed by atoms with E-state index in [9.17, 15) is 0 Å². The average molecular weight is 422 g/mol. The molecule has 2 aromatic rings. The van der Waals surface area contributed by atoms with Crippen LogP contribution < -0.4 is 9.31 Å². The Morgan fingerprint density at radius 1 is 0.484 bits per heavy atom. The first-order valence-corrected chi connectivity index (χ1v) is 12.7. The summed E-state index contributed by atoms with van der Waals surface area (Å²) in [6.45, 7) is 4.53. The molecule has 0 saturated heterocycles. The summed E-state index contributed by atoms with van der Waals surface area (Å²) < 4.78 is 11.5. The lowest BCUT2D eigenvalue weighted by molar-refractivity contribution is 0.458. The molecule has 0 N–H and O–H groups in total. The van der Waals surface area contributed by atoms with Crippen LogP contribution in [0.3, 0.4) is 0 Å². The monoisotopic (exact) mass is 422 g/mol. The van der Waals surface area contributed by atoms with Crippen LogP contribution in [-0.2, 0) is 12.8 Å². The van der Waals surface area contributed by atoms with Gasteiger partial charge in [0.25, 0.3) is 0 Å². The van der Waals surface area contributed by atoms with Gasteiger partial charge in [-0.1, -0.05) is 102 Å². The average Bonchev–Trinajstić information content (AvgIpc) is 2.80. The van der Waals surface area contributed by atoms with Gasteiger partial charge in [0.05, 0.1) is 0 Å². The van der Waals surface area contributed by atoms with Crippen molar-refractivity contribution < 1.29 is 9.31 Å². The summed E-state index contributed by atoms with van der Waals surface area (Å²) in [4.78, 5) is 0. The van der Waals surface area contributed by atoms with Crippen molar-refractivity contribution in [1.82, 2.24) is 0 Å². The standard InChI is InChI=1S/C28H43BO2/c1-3-5-7-9-11-13-15-25-17-21-27(22-18-25)30-29-31-28-23-19-26(20-24-28)16-14-12-10-8-6-4-2/h17-24,29H,3-16H2,1-2H3. The number of aryl methyl sites for hydroxylation is 2. The van der Waals surface area contributed by atoms with Gasteiger partial charge in [-0.15, -0.1) is 0 Å². The predicted molar refractivity (Wildman–Crippen MR) is 135 cm³/mol. The molecule has 0 radical (unpaired) electrons. The zero-order valence-corrected chi connectivity index (χ0v) is 20.0. The Morgan fingerprint density at radius 3 is 1.23 bits per heavy atom. The Hall–Kier alpha value is -1.90. The van der Waals surface area contributed by atoms with Crippen LogP contribution in [0.2, 0.25) is 0 Å². The fourth-order valence-corrected chi connectivity index (χ4v) is 3.89. The summed E-state index contributed by atoms with van der Waals surface area (Å²) >= 11 is 0. The first kappa shape index (κ1) is 25.4. The third kappa shape index (κ3) is 11.9. The van der Waals surface area contributed by atoms with E-state index >= 15 is 0 Å². The SMILES string of the molecule is CCCCCCCCc1ccc(OBOc2ccc(CCCCCCCC)cc2)cc1. The molecular formula is C28H43BO2. The summed E-state index contributed by atoms with van der Waals surface area (Å²) in [5.74, 6) is 1.73. The van der Waals surface area contributed by atoms with Crippen LogP contribution in [0.4, 0.5) is 0 Å². The predicted octanol–water partition coefficient (Wildman–Crippen LogP) is 8.22. The van der Waals surface area contributed by atoms with E-state index in [1.807, 2.05) is 0 Å². The molecule has 0 atom stereocenters. The first-order valence-electron chi connectivity index (χ1n) is 12.7. The summed E-state index contributed by atoms with van der Waals surface area (Å²) in [5, 5.41) is 0. The number of hydrogen-bond acceptors (Lipinski definition) is 2. The number of benzene rings is 2. The van der Waals surface area contributed by atoms with E-state index in [1.165, 1.54) is 88.2 Å². The van der Waals surface area contributed by atoms with E-state index in [4.69, 9.17) is 9.31 Å². The van der Waals surface area contributed by atoms with Gasteiger partial charge in [0.15, 0.2) is 0 Å². The van der Waals surface area contributed by atoms with Crippen molar-refractivity contribution in [2.75, 3.05) is 0 Å². The minimum atomic E-state index is 0.244. The first-order chi connectivity index (χ1) is 15.3. The van der Waals surface area contributed by atoms with Gasteiger partial charge in [-0.25, -0.2) is 0 Å². The van der Waals surface area contributed by atoms with E-state index in [2.05, 4.69) is 62.4 Å². The number of rotatable bonds is 18. The summed E-state index contributed by atoms with van der Waals surface area (Å²) in [6, 6.07) is 16.9. The van der Waals surface area contributed by atoms with Crippen molar-refractivity contribution in [3.63, 3.8) is 0 Å². The van der Waals surface area contributed by atoms with Crippen molar-refractivity contribution >= 4 is 7.69 Å². The number of hydrogen-bond donors (Lipinski definition) is 0. The Kier molecular flexibility index (Phi) is 13.7. The van der Waals surface area contributed by atoms with Crippen molar-refractivity contribution in [2.24, 2.45) is 0 Å². The molecule has 31 heavy (non-hydrogen) atoms. The smallest absolute Gasteiger partial charge is 0.529 e. The molecule has 0 heterocycles. The second-order valence-electron chi connectivity index (χ2n) is 8.73. The topological polar surface area (TPSA) is 18.5 Å². The van der Waals surface area contributed by atoms with Gasteiger partial charge in [-0.2, -0.15) is 0 Å². The van der Waals surface area contributed by atoms with Crippen LogP contribution in [0.25, 0.3) is 0 Å². The van der Waals surface area contributed by atoms with Crippen molar-refractivity contribution in [3.8, 4) is 11.5 Å².